The smallest absolute Gasteiger partial charge is 0.234 e. The van der Waals surface area contributed by atoms with Gasteiger partial charge >= 0.3 is 0 Å². The average molecular weight is 451 g/mol. The first-order chi connectivity index (χ1) is 15.0. The zero-order chi connectivity index (χ0) is 23.5. The second kappa shape index (κ2) is 9.49. The van der Waals surface area contributed by atoms with Crippen LogP contribution in [0, 0.1) is 0 Å². The molecule has 0 aliphatic rings. The molecule has 1 amide bonds. The molecule has 1 aromatic heterocycles. The maximum atomic E-state index is 12.7. The lowest BCUT2D eigenvalue weighted by Gasteiger charge is -2.22. The summed E-state index contributed by atoms with van der Waals surface area (Å²) < 4.78 is 2.06. The van der Waals surface area contributed by atoms with Crippen molar-refractivity contribution in [3.05, 3.63) is 59.7 Å². The summed E-state index contributed by atoms with van der Waals surface area (Å²) in [5, 5.41) is 12.6. The number of thioether (sulfide) groups is 1. The Morgan fingerprint density at radius 1 is 0.938 bits per heavy atom. The van der Waals surface area contributed by atoms with E-state index in [0.29, 0.717) is 0 Å². The number of hydrogen-bond acceptors (Lipinski definition) is 4. The number of aromatic nitrogens is 3. The Hall–Kier alpha value is -2.60. The summed E-state index contributed by atoms with van der Waals surface area (Å²) in [6.45, 7) is 15.9. The molecule has 0 aliphatic carbocycles. The van der Waals surface area contributed by atoms with Crippen molar-refractivity contribution in [3.8, 4) is 11.4 Å². The van der Waals surface area contributed by atoms with E-state index in [1.54, 1.807) is 0 Å². The molecule has 3 rings (SSSR count). The van der Waals surface area contributed by atoms with E-state index in [1.165, 1.54) is 17.3 Å². The van der Waals surface area contributed by atoms with Crippen LogP contribution in [0.15, 0.2) is 53.7 Å². The number of carbonyl (C=O) groups excluding carboxylic acids is 1. The molecule has 0 spiro atoms. The Morgan fingerprint density at radius 2 is 1.59 bits per heavy atom. The number of para-hydroxylation sites is 1. The molecule has 3 aromatic rings. The average Bonchev–Trinajstić information content (AvgIpc) is 3.14. The predicted molar refractivity (Wildman–Crippen MR) is 134 cm³/mol. The molecule has 170 valence electrons. The minimum absolute atomic E-state index is 0.0448. The molecular weight excluding hydrogens is 416 g/mol. The van der Waals surface area contributed by atoms with Crippen molar-refractivity contribution in [2.75, 3.05) is 11.1 Å². The zero-order valence-electron chi connectivity index (χ0n) is 20.2. The van der Waals surface area contributed by atoms with E-state index in [4.69, 9.17) is 0 Å². The molecule has 2 aromatic carbocycles. The van der Waals surface area contributed by atoms with Crippen molar-refractivity contribution < 1.29 is 4.79 Å². The van der Waals surface area contributed by atoms with Crippen LogP contribution in [-0.2, 0) is 22.2 Å². The summed E-state index contributed by atoms with van der Waals surface area (Å²) in [6.07, 6.45) is 0. The van der Waals surface area contributed by atoms with Gasteiger partial charge in [-0.25, -0.2) is 0 Å². The van der Waals surface area contributed by atoms with Crippen LogP contribution >= 0.6 is 11.8 Å². The van der Waals surface area contributed by atoms with Crippen LogP contribution in [0.2, 0.25) is 0 Å². The highest BCUT2D eigenvalue weighted by molar-refractivity contribution is 7.99. The Bertz CT molecular complexity index is 1070. The fourth-order valence-electron chi connectivity index (χ4n) is 3.58. The normalized spacial score (nSPS) is 12.1. The largest absolute Gasteiger partial charge is 0.325 e. The van der Waals surface area contributed by atoms with Crippen molar-refractivity contribution >= 4 is 23.4 Å². The van der Waals surface area contributed by atoms with Crippen LogP contribution in [-0.4, -0.2) is 26.4 Å². The predicted octanol–water partition coefficient (Wildman–Crippen LogP) is 6.29. The van der Waals surface area contributed by atoms with Gasteiger partial charge in [0.2, 0.25) is 5.91 Å². The number of benzene rings is 2. The number of nitrogens with one attached hydrogen (secondary N) is 1. The van der Waals surface area contributed by atoms with Gasteiger partial charge in [-0.2, -0.15) is 0 Å². The molecule has 0 saturated carbocycles. The lowest BCUT2D eigenvalue weighted by molar-refractivity contribution is -0.113. The van der Waals surface area contributed by atoms with E-state index >= 15 is 0 Å². The summed E-state index contributed by atoms with van der Waals surface area (Å²) in [5.74, 6) is 1.06. The lowest BCUT2D eigenvalue weighted by atomic mass is 9.86. The maximum absolute atomic E-state index is 12.7. The van der Waals surface area contributed by atoms with E-state index < -0.39 is 0 Å². The molecule has 0 aliphatic heterocycles. The first-order valence-electron chi connectivity index (χ1n) is 11.1. The number of rotatable bonds is 6. The molecule has 1 N–H and O–H groups in total. The molecule has 0 bridgehead atoms. The van der Waals surface area contributed by atoms with Gasteiger partial charge in [0, 0.05) is 17.8 Å². The van der Waals surface area contributed by atoms with Gasteiger partial charge in [-0.1, -0.05) is 95.8 Å². The van der Waals surface area contributed by atoms with Gasteiger partial charge in [0.15, 0.2) is 11.0 Å². The summed E-state index contributed by atoms with van der Waals surface area (Å²) in [5.41, 5.74) is 4.36. The van der Waals surface area contributed by atoms with Crippen LogP contribution in [0.5, 0.6) is 0 Å². The molecule has 0 unspecified atom stereocenters. The molecule has 6 heteroatoms. The second-order valence-corrected chi connectivity index (χ2v) is 11.0. The molecule has 1 heterocycles. The molecule has 32 heavy (non-hydrogen) atoms. The first kappa shape index (κ1) is 24.1. The maximum Gasteiger partial charge on any atom is 0.234 e. The van der Waals surface area contributed by atoms with E-state index in [1.807, 2.05) is 18.2 Å². The Labute approximate surface area is 196 Å². The van der Waals surface area contributed by atoms with Crippen molar-refractivity contribution in [2.45, 2.75) is 71.0 Å². The summed E-state index contributed by atoms with van der Waals surface area (Å²) >= 11 is 1.41. The third-order valence-electron chi connectivity index (χ3n) is 5.38. The quantitative estimate of drug-likeness (QED) is 0.448. The molecule has 5 nitrogen and oxygen atoms in total. The topological polar surface area (TPSA) is 59.8 Å². The van der Waals surface area contributed by atoms with Gasteiger partial charge in [-0.3, -0.25) is 4.79 Å². The highest BCUT2D eigenvalue weighted by atomic mass is 32.2. The summed E-state index contributed by atoms with van der Waals surface area (Å²) in [7, 11) is 0. The Kier molecular flexibility index (Phi) is 7.13. The molecule has 0 radical (unpaired) electrons. The second-order valence-electron chi connectivity index (χ2n) is 10.0. The van der Waals surface area contributed by atoms with E-state index in [0.717, 1.165) is 34.3 Å². The van der Waals surface area contributed by atoms with E-state index in [9.17, 15) is 4.79 Å². The summed E-state index contributed by atoms with van der Waals surface area (Å²) in [4.78, 5) is 12.7. The van der Waals surface area contributed by atoms with Crippen LogP contribution in [0.1, 0.15) is 59.6 Å². The van der Waals surface area contributed by atoms with Crippen LogP contribution in [0.25, 0.3) is 11.4 Å². The van der Waals surface area contributed by atoms with Gasteiger partial charge in [0.25, 0.3) is 0 Å². The van der Waals surface area contributed by atoms with Crippen LogP contribution < -0.4 is 5.32 Å². The highest BCUT2D eigenvalue weighted by Gasteiger charge is 2.20. The minimum atomic E-state index is -0.0477. The number of anilines is 1. The minimum Gasteiger partial charge on any atom is -0.325 e. The van der Waals surface area contributed by atoms with Gasteiger partial charge in [0.05, 0.1) is 5.75 Å². The van der Waals surface area contributed by atoms with Crippen molar-refractivity contribution in [1.29, 1.82) is 0 Å². The highest BCUT2D eigenvalue weighted by Crippen LogP contribution is 2.30. The van der Waals surface area contributed by atoms with E-state index in [2.05, 4.69) is 98.9 Å². The zero-order valence-corrected chi connectivity index (χ0v) is 21.0. The molecular formula is C26H34N4OS. The Morgan fingerprint density at radius 3 is 2.19 bits per heavy atom. The fourth-order valence-corrected chi connectivity index (χ4v) is 4.38. The van der Waals surface area contributed by atoms with Gasteiger partial charge < -0.3 is 9.88 Å². The first-order valence-corrected chi connectivity index (χ1v) is 12.1. The Balaban J connectivity index is 1.72. The SMILES string of the molecule is CCn1c(SCC(=O)Nc2ccccc2C(C)(C)C)nnc1-c1ccc(C(C)(C)C)cc1. The summed E-state index contributed by atoms with van der Waals surface area (Å²) in [6, 6.07) is 16.5. The van der Waals surface area contributed by atoms with E-state index in [-0.39, 0.29) is 22.5 Å². The van der Waals surface area contributed by atoms with Gasteiger partial charge in [-0.05, 0) is 34.9 Å². The third-order valence-corrected chi connectivity index (χ3v) is 6.35. The number of carbonyl (C=O) groups is 1. The van der Waals surface area contributed by atoms with Crippen molar-refractivity contribution in [1.82, 2.24) is 14.8 Å². The number of amides is 1. The van der Waals surface area contributed by atoms with Gasteiger partial charge in [-0.15, -0.1) is 10.2 Å². The molecule has 0 saturated heterocycles. The monoisotopic (exact) mass is 450 g/mol. The third kappa shape index (κ3) is 5.60. The van der Waals surface area contributed by atoms with Gasteiger partial charge in [0.1, 0.15) is 0 Å². The fraction of sp³-hybridized carbons (Fsp3) is 0.423. The number of hydrogen-bond donors (Lipinski definition) is 1. The molecule has 0 atom stereocenters. The number of nitrogens with zero attached hydrogens (tertiary/aromatic N) is 3. The molecule has 0 fully saturated rings. The van der Waals surface area contributed by atoms with Crippen molar-refractivity contribution in [2.24, 2.45) is 0 Å². The van der Waals surface area contributed by atoms with Crippen LogP contribution in [0.3, 0.4) is 0 Å². The standard InChI is InChI=1S/C26H34N4OS/c1-8-30-23(18-13-15-19(16-14-18)25(2,3)4)28-29-24(30)32-17-22(31)27-21-12-10-9-11-20(21)26(5,6)7/h9-16H,8,17H2,1-7H3,(H,27,31). The lowest BCUT2D eigenvalue weighted by Crippen LogP contribution is -2.20. The van der Waals surface area contributed by atoms with Crippen LogP contribution in [0.4, 0.5) is 5.69 Å². The van der Waals surface area contributed by atoms with Crippen molar-refractivity contribution in [3.63, 3.8) is 0 Å².